The van der Waals surface area contributed by atoms with Crippen molar-refractivity contribution < 1.29 is 4.92 Å². The molecule has 0 rings (SSSR count). The fourth-order valence-electron chi connectivity index (χ4n) is 0.528. The highest BCUT2D eigenvalue weighted by molar-refractivity contribution is 7.80. The molecule has 0 saturated heterocycles. The van der Waals surface area contributed by atoms with Crippen LogP contribution in [-0.4, -0.2) is 36.6 Å². The quantitative estimate of drug-likeness (QED) is 0.206. The molecule has 0 aromatic rings. The summed E-state index contributed by atoms with van der Waals surface area (Å²) in [6.07, 6.45) is 0. The first-order valence-electron chi connectivity index (χ1n) is 3.13. The van der Waals surface area contributed by atoms with Crippen molar-refractivity contribution in [1.29, 1.82) is 0 Å². The zero-order valence-electron chi connectivity index (χ0n) is 6.28. The highest BCUT2D eigenvalue weighted by Gasteiger charge is 2.03. The molecule has 0 aliphatic carbocycles. The molecule has 5 nitrogen and oxygen atoms in total. The van der Waals surface area contributed by atoms with Crippen LogP contribution < -0.4 is 5.32 Å². The number of rotatable bonds is 4. The monoisotopic (exact) mass is 177 g/mol. The Balaban J connectivity index is 3.69. The molecule has 0 bridgehead atoms. The molecule has 0 heterocycles. The molecule has 0 aromatic heterocycles. The number of nitrogens with zero attached hydrogens (tertiary/aromatic N) is 2. The Labute approximate surface area is 70.5 Å². The van der Waals surface area contributed by atoms with Gasteiger partial charge in [0.1, 0.15) is 0 Å². The number of aliphatic imine (C=N–C) groups is 1. The standard InChI is InChI=1S/C5H11N3O2S/c1-6-5(4-8(9)10)7-2-3-11/h11H,2-4H2,1H3,(H,6,7). The van der Waals surface area contributed by atoms with Gasteiger partial charge in [0.25, 0.3) is 6.54 Å². The zero-order chi connectivity index (χ0) is 8.69. The van der Waals surface area contributed by atoms with Gasteiger partial charge in [0.15, 0.2) is 5.84 Å². The van der Waals surface area contributed by atoms with E-state index in [1.165, 1.54) is 7.05 Å². The van der Waals surface area contributed by atoms with E-state index in [-0.39, 0.29) is 6.54 Å². The molecular weight excluding hydrogens is 166 g/mol. The van der Waals surface area contributed by atoms with E-state index in [1.54, 1.807) is 0 Å². The summed E-state index contributed by atoms with van der Waals surface area (Å²) < 4.78 is 0. The van der Waals surface area contributed by atoms with Crippen LogP contribution in [0.4, 0.5) is 0 Å². The van der Waals surface area contributed by atoms with Crippen LogP contribution >= 0.6 is 12.6 Å². The van der Waals surface area contributed by atoms with Gasteiger partial charge < -0.3 is 5.32 Å². The van der Waals surface area contributed by atoms with Crippen LogP contribution in [0.3, 0.4) is 0 Å². The van der Waals surface area contributed by atoms with Crippen molar-refractivity contribution in [3.8, 4) is 0 Å². The van der Waals surface area contributed by atoms with Crippen LogP contribution in [0, 0.1) is 10.1 Å². The summed E-state index contributed by atoms with van der Waals surface area (Å²) in [5.74, 6) is 1.03. The normalized spacial score (nSPS) is 11.3. The average molecular weight is 177 g/mol. The van der Waals surface area contributed by atoms with Crippen molar-refractivity contribution in [2.75, 3.05) is 25.9 Å². The lowest BCUT2D eigenvalue weighted by Crippen LogP contribution is -2.31. The predicted molar refractivity (Wildman–Crippen MR) is 47.1 cm³/mol. The van der Waals surface area contributed by atoms with Crippen molar-refractivity contribution in [3.05, 3.63) is 10.1 Å². The predicted octanol–water partition coefficient (Wildman–Crippen LogP) is -0.189. The Morgan fingerprint density at radius 2 is 2.45 bits per heavy atom. The molecular formula is C5H11N3O2S. The fourth-order valence-corrected chi connectivity index (χ4v) is 0.640. The third-order valence-electron chi connectivity index (χ3n) is 0.990. The van der Waals surface area contributed by atoms with Gasteiger partial charge >= 0.3 is 0 Å². The first-order chi connectivity index (χ1) is 5.20. The maximum absolute atomic E-state index is 10.00. The highest BCUT2D eigenvalue weighted by atomic mass is 32.1. The van der Waals surface area contributed by atoms with Crippen LogP contribution in [-0.2, 0) is 0 Å². The molecule has 11 heavy (non-hydrogen) atoms. The van der Waals surface area contributed by atoms with Crippen molar-refractivity contribution in [3.63, 3.8) is 0 Å². The topological polar surface area (TPSA) is 67.5 Å². The molecule has 0 aliphatic heterocycles. The van der Waals surface area contributed by atoms with Crippen molar-refractivity contribution >= 4 is 18.5 Å². The van der Waals surface area contributed by atoms with Crippen molar-refractivity contribution in [1.82, 2.24) is 5.32 Å². The smallest absolute Gasteiger partial charge is 0.259 e. The summed E-state index contributed by atoms with van der Waals surface area (Å²) in [5.41, 5.74) is 0. The number of hydrogen-bond donors (Lipinski definition) is 2. The Hall–Kier alpha value is -0.780. The van der Waals surface area contributed by atoms with E-state index < -0.39 is 4.92 Å². The number of nitrogens with one attached hydrogen (secondary N) is 1. The molecule has 6 heteroatoms. The molecule has 0 fully saturated rings. The van der Waals surface area contributed by atoms with Crippen LogP contribution in [0.5, 0.6) is 0 Å². The van der Waals surface area contributed by atoms with Crippen LogP contribution in [0.2, 0.25) is 0 Å². The first-order valence-corrected chi connectivity index (χ1v) is 3.76. The van der Waals surface area contributed by atoms with E-state index in [9.17, 15) is 10.1 Å². The summed E-state index contributed by atoms with van der Waals surface area (Å²) in [7, 11) is 1.52. The van der Waals surface area contributed by atoms with E-state index in [0.29, 0.717) is 18.1 Å². The van der Waals surface area contributed by atoms with Gasteiger partial charge in [0, 0.05) is 24.3 Å². The van der Waals surface area contributed by atoms with Crippen LogP contribution in [0.25, 0.3) is 0 Å². The third kappa shape index (κ3) is 5.65. The third-order valence-corrected chi connectivity index (χ3v) is 1.21. The Morgan fingerprint density at radius 3 is 2.82 bits per heavy atom. The van der Waals surface area contributed by atoms with Gasteiger partial charge in [-0.25, -0.2) is 0 Å². The Morgan fingerprint density at radius 1 is 1.82 bits per heavy atom. The van der Waals surface area contributed by atoms with E-state index in [2.05, 4.69) is 22.9 Å². The minimum Gasteiger partial charge on any atom is -0.368 e. The molecule has 0 aromatic carbocycles. The minimum absolute atomic E-state index is 0.246. The van der Waals surface area contributed by atoms with E-state index in [0.717, 1.165) is 0 Å². The zero-order valence-corrected chi connectivity index (χ0v) is 7.17. The molecule has 0 amide bonds. The van der Waals surface area contributed by atoms with Gasteiger partial charge in [-0.05, 0) is 0 Å². The molecule has 0 saturated carbocycles. The van der Waals surface area contributed by atoms with E-state index in [1.807, 2.05) is 0 Å². The molecule has 0 unspecified atom stereocenters. The number of hydrogen-bond acceptors (Lipinski definition) is 4. The van der Waals surface area contributed by atoms with E-state index in [4.69, 9.17) is 0 Å². The highest BCUT2D eigenvalue weighted by Crippen LogP contribution is 1.76. The minimum atomic E-state index is -0.423. The Kier molecular flexibility index (Phi) is 5.54. The summed E-state index contributed by atoms with van der Waals surface area (Å²) in [6, 6.07) is 0. The number of thiol groups is 1. The average Bonchev–Trinajstić information content (AvgIpc) is 1.97. The van der Waals surface area contributed by atoms with Crippen LogP contribution in [0.15, 0.2) is 4.99 Å². The number of amidine groups is 1. The fraction of sp³-hybridized carbons (Fsp3) is 0.800. The lowest BCUT2D eigenvalue weighted by Gasteiger charge is -2.02. The molecule has 0 radical (unpaired) electrons. The number of nitro groups is 1. The maximum Gasteiger partial charge on any atom is 0.259 e. The Bertz CT molecular complexity index is 160. The van der Waals surface area contributed by atoms with E-state index >= 15 is 0 Å². The second-order valence-corrected chi connectivity index (χ2v) is 2.26. The summed E-state index contributed by atoms with van der Waals surface area (Å²) >= 11 is 3.94. The molecule has 0 atom stereocenters. The van der Waals surface area contributed by atoms with Crippen molar-refractivity contribution in [2.45, 2.75) is 0 Å². The summed E-state index contributed by atoms with van der Waals surface area (Å²) in [5, 5.41) is 12.8. The SMILES string of the molecule is CN=C(C[N+](=O)[O-])NCCS. The first kappa shape index (κ1) is 10.2. The lowest BCUT2D eigenvalue weighted by atomic mass is 10.5. The second-order valence-electron chi connectivity index (χ2n) is 1.81. The van der Waals surface area contributed by atoms with Crippen LogP contribution in [0.1, 0.15) is 0 Å². The molecule has 0 aliphatic rings. The lowest BCUT2D eigenvalue weighted by molar-refractivity contribution is -0.463. The second kappa shape index (κ2) is 5.96. The van der Waals surface area contributed by atoms with Gasteiger partial charge in [-0.2, -0.15) is 12.6 Å². The largest absolute Gasteiger partial charge is 0.368 e. The van der Waals surface area contributed by atoms with Crippen molar-refractivity contribution in [2.24, 2.45) is 4.99 Å². The summed E-state index contributed by atoms with van der Waals surface area (Å²) in [6.45, 7) is 0.355. The molecule has 64 valence electrons. The van der Waals surface area contributed by atoms with Gasteiger partial charge in [0.05, 0.1) is 0 Å². The maximum atomic E-state index is 10.00. The van der Waals surface area contributed by atoms with Gasteiger partial charge in [-0.15, -0.1) is 0 Å². The van der Waals surface area contributed by atoms with Gasteiger partial charge in [-0.1, -0.05) is 0 Å². The summed E-state index contributed by atoms with van der Waals surface area (Å²) in [4.78, 5) is 13.3. The molecule has 0 spiro atoms. The molecule has 1 N–H and O–H groups in total. The van der Waals surface area contributed by atoms with Gasteiger partial charge in [-0.3, -0.25) is 15.1 Å². The van der Waals surface area contributed by atoms with Gasteiger partial charge in [0.2, 0.25) is 0 Å².